The summed E-state index contributed by atoms with van der Waals surface area (Å²) in [4.78, 5) is 27.7. The van der Waals surface area contributed by atoms with E-state index in [2.05, 4.69) is 10.6 Å². The normalized spacial score (nSPS) is 19.3. The molecule has 1 aromatic heterocycles. The highest BCUT2D eigenvalue weighted by molar-refractivity contribution is 7.10. The quantitative estimate of drug-likeness (QED) is 0.850. The van der Waals surface area contributed by atoms with Gasteiger partial charge in [0, 0.05) is 11.4 Å². The Labute approximate surface area is 155 Å². The summed E-state index contributed by atoms with van der Waals surface area (Å²) < 4.78 is 5.17. The van der Waals surface area contributed by atoms with Crippen LogP contribution in [0.2, 0.25) is 0 Å². The van der Waals surface area contributed by atoms with E-state index in [0.717, 1.165) is 22.6 Å². The van der Waals surface area contributed by atoms with E-state index in [1.165, 1.54) is 11.3 Å². The minimum Gasteiger partial charge on any atom is -0.497 e. The Morgan fingerprint density at radius 1 is 1.23 bits per heavy atom. The van der Waals surface area contributed by atoms with Crippen molar-refractivity contribution < 1.29 is 14.3 Å². The predicted octanol–water partition coefficient (Wildman–Crippen LogP) is 2.45. The summed E-state index contributed by atoms with van der Waals surface area (Å²) in [6.45, 7) is 1.05. The number of benzene rings is 1. The molecule has 0 aliphatic carbocycles. The monoisotopic (exact) mass is 369 g/mol. The lowest BCUT2D eigenvalue weighted by Gasteiger charge is -2.24. The lowest BCUT2D eigenvalue weighted by Crippen LogP contribution is -2.44. The van der Waals surface area contributed by atoms with Gasteiger partial charge < -0.3 is 20.3 Å². The zero-order chi connectivity index (χ0) is 18.1. The number of hydrogen-bond donors (Lipinski definition) is 2. The molecule has 7 heteroatoms. The van der Waals surface area contributed by atoms with Crippen molar-refractivity contribution in [3.05, 3.63) is 63.5 Å². The van der Waals surface area contributed by atoms with Gasteiger partial charge in [0.25, 0.3) is 5.91 Å². The summed E-state index contributed by atoms with van der Waals surface area (Å²) in [5.74, 6) is 0.801. The number of carbonyl (C=O) groups is 2. The third-order valence-electron chi connectivity index (χ3n) is 4.68. The van der Waals surface area contributed by atoms with E-state index in [9.17, 15) is 9.59 Å². The van der Waals surface area contributed by atoms with Gasteiger partial charge in [-0.15, -0.1) is 11.3 Å². The third kappa shape index (κ3) is 3.06. The van der Waals surface area contributed by atoms with Gasteiger partial charge in [0.15, 0.2) is 0 Å². The van der Waals surface area contributed by atoms with E-state index in [1.54, 1.807) is 12.0 Å². The molecule has 4 rings (SSSR count). The zero-order valence-electron chi connectivity index (χ0n) is 14.3. The molecule has 134 valence electrons. The Balaban J connectivity index is 1.48. The molecular formula is C19H19N3O3S. The second kappa shape index (κ2) is 6.84. The molecule has 2 aromatic rings. The first-order valence-electron chi connectivity index (χ1n) is 8.42. The number of carbonyl (C=O) groups excluding carboxylic acids is 2. The molecule has 0 saturated heterocycles. The zero-order valence-corrected chi connectivity index (χ0v) is 15.1. The lowest BCUT2D eigenvalue weighted by atomic mass is 10.0. The largest absolute Gasteiger partial charge is 0.497 e. The Bertz CT molecular complexity index is 859. The fraction of sp³-hybridized carbons (Fsp3) is 0.263. The molecule has 3 amide bonds. The molecule has 2 aliphatic heterocycles. The molecule has 2 N–H and O–H groups in total. The fourth-order valence-corrected chi connectivity index (χ4v) is 4.12. The summed E-state index contributed by atoms with van der Waals surface area (Å²) in [6.07, 6.45) is 0.751. The number of nitrogens with one attached hydrogen (secondary N) is 2. The average molecular weight is 369 g/mol. The van der Waals surface area contributed by atoms with Crippen molar-refractivity contribution in [2.24, 2.45) is 0 Å². The maximum absolute atomic E-state index is 12.9. The van der Waals surface area contributed by atoms with Gasteiger partial charge in [-0.05, 0) is 35.6 Å². The molecule has 0 unspecified atom stereocenters. The van der Waals surface area contributed by atoms with Crippen LogP contribution >= 0.6 is 11.3 Å². The number of rotatable bonds is 5. The molecule has 0 bridgehead atoms. The molecule has 3 heterocycles. The minimum absolute atomic E-state index is 0.0144. The van der Waals surface area contributed by atoms with Crippen molar-refractivity contribution >= 4 is 23.3 Å². The summed E-state index contributed by atoms with van der Waals surface area (Å²) >= 11 is 1.54. The summed E-state index contributed by atoms with van der Waals surface area (Å²) in [5.41, 5.74) is 2.51. The van der Waals surface area contributed by atoms with Gasteiger partial charge >= 0.3 is 6.03 Å². The molecule has 2 aliphatic rings. The maximum atomic E-state index is 12.9. The first-order chi connectivity index (χ1) is 12.7. The van der Waals surface area contributed by atoms with Crippen LogP contribution in [0.4, 0.5) is 4.79 Å². The maximum Gasteiger partial charge on any atom is 0.319 e. The van der Waals surface area contributed by atoms with Crippen LogP contribution in [0.3, 0.4) is 0 Å². The van der Waals surface area contributed by atoms with Crippen molar-refractivity contribution in [2.45, 2.75) is 12.5 Å². The van der Waals surface area contributed by atoms with Crippen LogP contribution in [0.5, 0.6) is 5.75 Å². The van der Waals surface area contributed by atoms with Crippen molar-refractivity contribution in [3.63, 3.8) is 0 Å². The van der Waals surface area contributed by atoms with Crippen LogP contribution in [-0.2, 0) is 11.2 Å². The second-order valence-corrected chi connectivity index (χ2v) is 7.24. The number of amides is 3. The summed E-state index contributed by atoms with van der Waals surface area (Å²) in [6, 6.07) is 11.1. The highest BCUT2D eigenvalue weighted by Crippen LogP contribution is 2.34. The van der Waals surface area contributed by atoms with Gasteiger partial charge in [0.05, 0.1) is 31.0 Å². The average Bonchev–Trinajstić information content (AvgIpc) is 3.28. The Kier molecular flexibility index (Phi) is 4.38. The van der Waals surface area contributed by atoms with Crippen LogP contribution in [0.15, 0.2) is 53.0 Å². The van der Waals surface area contributed by atoms with Crippen LogP contribution in [0.25, 0.3) is 0 Å². The van der Waals surface area contributed by atoms with E-state index in [0.29, 0.717) is 24.4 Å². The van der Waals surface area contributed by atoms with Gasteiger partial charge in [0.1, 0.15) is 5.75 Å². The smallest absolute Gasteiger partial charge is 0.319 e. The standard InChI is InChI=1S/C19H19N3O3S/c1-25-13-6-4-12(5-7-13)8-9-22-11-14-16(18(22)23)17(21-19(24)20-14)15-3-2-10-26-15/h2-7,10,17H,8-9,11H2,1H3,(H2,20,21,24)/t17-/m1/s1. The molecule has 6 nitrogen and oxygen atoms in total. The van der Waals surface area contributed by atoms with Gasteiger partial charge in [-0.2, -0.15) is 0 Å². The number of nitrogens with zero attached hydrogens (tertiary/aromatic N) is 1. The molecule has 1 aromatic carbocycles. The number of methoxy groups -OCH3 is 1. The fourth-order valence-electron chi connectivity index (χ4n) is 3.33. The molecule has 26 heavy (non-hydrogen) atoms. The number of urea groups is 1. The van der Waals surface area contributed by atoms with E-state index in [-0.39, 0.29) is 18.0 Å². The number of ether oxygens (including phenoxy) is 1. The number of thiophene rings is 1. The highest BCUT2D eigenvalue weighted by Gasteiger charge is 2.40. The third-order valence-corrected chi connectivity index (χ3v) is 5.61. The topological polar surface area (TPSA) is 70.7 Å². The minimum atomic E-state index is -0.364. The molecule has 1 atom stereocenters. The van der Waals surface area contributed by atoms with Crippen molar-refractivity contribution in [1.82, 2.24) is 15.5 Å². The van der Waals surface area contributed by atoms with Gasteiger partial charge in [-0.25, -0.2) is 4.79 Å². The van der Waals surface area contributed by atoms with E-state index >= 15 is 0 Å². The molecule has 0 fully saturated rings. The lowest BCUT2D eigenvalue weighted by molar-refractivity contribution is -0.125. The van der Waals surface area contributed by atoms with Crippen LogP contribution in [-0.4, -0.2) is 37.0 Å². The van der Waals surface area contributed by atoms with Crippen molar-refractivity contribution in [3.8, 4) is 5.75 Å². The van der Waals surface area contributed by atoms with Crippen LogP contribution in [0, 0.1) is 0 Å². The molecule has 0 radical (unpaired) electrons. The SMILES string of the molecule is COc1ccc(CCN2CC3=C(C2=O)[C@@H](c2cccs2)NC(=O)N3)cc1. The van der Waals surface area contributed by atoms with E-state index < -0.39 is 0 Å². The van der Waals surface area contributed by atoms with Gasteiger partial charge in [0.2, 0.25) is 0 Å². The van der Waals surface area contributed by atoms with Crippen molar-refractivity contribution in [2.75, 3.05) is 20.2 Å². The molecule has 0 saturated carbocycles. The first-order valence-corrected chi connectivity index (χ1v) is 9.30. The highest BCUT2D eigenvalue weighted by atomic mass is 32.1. The van der Waals surface area contributed by atoms with E-state index in [4.69, 9.17) is 4.74 Å². The Hall–Kier alpha value is -2.80. The molecule has 0 spiro atoms. The van der Waals surface area contributed by atoms with Crippen LogP contribution in [0.1, 0.15) is 16.5 Å². The first kappa shape index (κ1) is 16.7. The Morgan fingerprint density at radius 2 is 2.04 bits per heavy atom. The van der Waals surface area contributed by atoms with Crippen LogP contribution < -0.4 is 15.4 Å². The second-order valence-electron chi connectivity index (χ2n) is 6.26. The van der Waals surface area contributed by atoms with Crippen molar-refractivity contribution in [1.29, 1.82) is 0 Å². The summed E-state index contributed by atoms with van der Waals surface area (Å²) in [5, 5.41) is 7.62. The Morgan fingerprint density at radius 3 is 2.73 bits per heavy atom. The van der Waals surface area contributed by atoms with Gasteiger partial charge in [-0.1, -0.05) is 18.2 Å². The summed E-state index contributed by atoms with van der Waals surface area (Å²) in [7, 11) is 1.64. The number of hydrogen-bond acceptors (Lipinski definition) is 4. The predicted molar refractivity (Wildman–Crippen MR) is 99.0 cm³/mol. The molecular weight excluding hydrogens is 350 g/mol. The van der Waals surface area contributed by atoms with E-state index in [1.807, 2.05) is 41.8 Å². The van der Waals surface area contributed by atoms with Gasteiger partial charge in [-0.3, -0.25) is 4.79 Å².